The van der Waals surface area contributed by atoms with Crippen LogP contribution in [-0.2, 0) is 14.3 Å². The molecule has 0 aromatic rings. The Morgan fingerprint density at radius 1 is 1.35 bits per heavy atom. The lowest BCUT2D eigenvalue weighted by Gasteiger charge is -2.55. The zero-order valence-electron chi connectivity index (χ0n) is 12.1. The van der Waals surface area contributed by atoms with Crippen LogP contribution in [0.4, 0.5) is 0 Å². The van der Waals surface area contributed by atoms with E-state index in [-0.39, 0.29) is 23.3 Å². The first-order chi connectivity index (χ1) is 9.65. The van der Waals surface area contributed by atoms with E-state index in [0.717, 1.165) is 13.0 Å². The summed E-state index contributed by atoms with van der Waals surface area (Å²) in [7, 11) is 0. The summed E-state index contributed by atoms with van der Waals surface area (Å²) in [6.45, 7) is 2.81. The molecule has 1 spiro atoms. The highest BCUT2D eigenvalue weighted by Crippen LogP contribution is 2.54. The van der Waals surface area contributed by atoms with Gasteiger partial charge < -0.3 is 10.1 Å². The molecule has 2 aliphatic carbocycles. The van der Waals surface area contributed by atoms with Gasteiger partial charge in [0.25, 0.3) is 0 Å². The molecule has 2 amide bonds. The minimum Gasteiger partial charge on any atom is -0.378 e. The highest BCUT2D eigenvalue weighted by atomic mass is 16.5. The molecule has 3 aliphatic rings. The Labute approximate surface area is 119 Å². The van der Waals surface area contributed by atoms with Crippen molar-refractivity contribution in [3.63, 3.8) is 0 Å². The van der Waals surface area contributed by atoms with Crippen LogP contribution in [-0.4, -0.2) is 36.6 Å². The van der Waals surface area contributed by atoms with Crippen LogP contribution in [0.2, 0.25) is 0 Å². The number of hydrogen-bond acceptors (Lipinski definition) is 4. The molecule has 0 aromatic carbocycles. The molecule has 1 aliphatic heterocycles. The second-order valence-corrected chi connectivity index (χ2v) is 6.34. The third-order valence-electron chi connectivity index (χ3n) is 5.33. The predicted molar refractivity (Wildman–Crippen MR) is 74.0 cm³/mol. The van der Waals surface area contributed by atoms with E-state index in [0.29, 0.717) is 25.0 Å². The van der Waals surface area contributed by atoms with Crippen molar-refractivity contribution in [2.45, 2.75) is 70.1 Å². The zero-order chi connectivity index (χ0) is 14.2. The maximum atomic E-state index is 11.9. The fraction of sp³-hybridized carbons (Fsp3) is 0.867. The van der Waals surface area contributed by atoms with Crippen LogP contribution in [0.3, 0.4) is 0 Å². The quantitative estimate of drug-likeness (QED) is 0.757. The molecule has 1 heterocycles. The van der Waals surface area contributed by atoms with Crippen LogP contribution in [0.15, 0.2) is 0 Å². The van der Waals surface area contributed by atoms with Crippen LogP contribution >= 0.6 is 0 Å². The number of hydrogen-bond donors (Lipinski definition) is 2. The van der Waals surface area contributed by atoms with Crippen molar-refractivity contribution >= 4 is 11.8 Å². The summed E-state index contributed by atoms with van der Waals surface area (Å²) in [5, 5.41) is 5.93. The van der Waals surface area contributed by atoms with Crippen molar-refractivity contribution in [1.82, 2.24) is 10.6 Å². The molecule has 112 valence electrons. The molecule has 3 fully saturated rings. The number of carbonyl (C=O) groups is 2. The summed E-state index contributed by atoms with van der Waals surface area (Å²) in [5.41, 5.74) is 0.234. The lowest BCUT2D eigenvalue weighted by molar-refractivity contribution is -0.144. The van der Waals surface area contributed by atoms with Crippen LogP contribution < -0.4 is 10.6 Å². The molecule has 2 saturated carbocycles. The third kappa shape index (κ3) is 2.27. The second kappa shape index (κ2) is 5.45. The third-order valence-corrected chi connectivity index (χ3v) is 5.33. The van der Waals surface area contributed by atoms with E-state index in [2.05, 4.69) is 10.6 Å². The normalized spacial score (nSPS) is 36.0. The number of piperidine rings is 1. The molecule has 0 aromatic heterocycles. The summed E-state index contributed by atoms with van der Waals surface area (Å²) >= 11 is 0. The molecule has 0 bridgehead atoms. The minimum atomic E-state index is -0.210. The average Bonchev–Trinajstić information content (AvgIpc) is 2.92. The molecular formula is C15H24N2O3. The van der Waals surface area contributed by atoms with Crippen molar-refractivity contribution in [3.8, 4) is 0 Å². The van der Waals surface area contributed by atoms with E-state index < -0.39 is 0 Å². The van der Waals surface area contributed by atoms with Crippen molar-refractivity contribution in [3.05, 3.63) is 0 Å². The summed E-state index contributed by atoms with van der Waals surface area (Å²) < 4.78 is 5.88. The summed E-state index contributed by atoms with van der Waals surface area (Å²) in [6, 6.07) is 0.156. The Kier molecular flexibility index (Phi) is 3.82. The largest absolute Gasteiger partial charge is 0.378 e. The lowest BCUT2D eigenvalue weighted by atomic mass is 9.60. The number of rotatable bonds is 4. The van der Waals surface area contributed by atoms with Gasteiger partial charge in [0.1, 0.15) is 0 Å². The zero-order valence-corrected chi connectivity index (χ0v) is 12.1. The average molecular weight is 280 g/mol. The first-order valence-electron chi connectivity index (χ1n) is 7.87. The molecule has 3 atom stereocenters. The van der Waals surface area contributed by atoms with Crippen molar-refractivity contribution < 1.29 is 14.3 Å². The highest BCUT2D eigenvalue weighted by Gasteiger charge is 2.57. The van der Waals surface area contributed by atoms with Crippen LogP contribution in [0.5, 0.6) is 0 Å². The van der Waals surface area contributed by atoms with Crippen molar-refractivity contribution in [2.75, 3.05) is 6.61 Å². The molecule has 5 nitrogen and oxygen atoms in total. The van der Waals surface area contributed by atoms with Gasteiger partial charge in [-0.05, 0) is 32.6 Å². The fourth-order valence-electron chi connectivity index (χ4n) is 4.22. The summed E-state index contributed by atoms with van der Waals surface area (Å²) in [4.78, 5) is 23.1. The molecule has 1 saturated heterocycles. The van der Waals surface area contributed by atoms with Crippen LogP contribution in [0.1, 0.15) is 51.9 Å². The molecule has 5 heteroatoms. The number of ether oxygens (including phenoxy) is 1. The Morgan fingerprint density at radius 2 is 2.10 bits per heavy atom. The Morgan fingerprint density at radius 3 is 2.75 bits per heavy atom. The van der Waals surface area contributed by atoms with Gasteiger partial charge in [0.2, 0.25) is 11.8 Å². The van der Waals surface area contributed by atoms with Gasteiger partial charge in [-0.2, -0.15) is 0 Å². The van der Waals surface area contributed by atoms with Crippen molar-refractivity contribution in [2.24, 2.45) is 5.41 Å². The SMILES string of the molecule is CCOC1CC(NC2CCC(=O)NC2=O)C12CCCC2. The number of carbonyl (C=O) groups excluding carboxylic acids is 2. The Bertz CT molecular complexity index is 404. The van der Waals surface area contributed by atoms with Gasteiger partial charge in [0, 0.05) is 24.5 Å². The predicted octanol–water partition coefficient (Wildman–Crippen LogP) is 1.12. The van der Waals surface area contributed by atoms with E-state index in [9.17, 15) is 9.59 Å². The van der Waals surface area contributed by atoms with E-state index in [1.165, 1.54) is 25.7 Å². The van der Waals surface area contributed by atoms with E-state index in [4.69, 9.17) is 4.74 Å². The summed E-state index contributed by atoms with van der Waals surface area (Å²) in [5.74, 6) is -0.307. The monoisotopic (exact) mass is 280 g/mol. The molecule has 0 radical (unpaired) electrons. The first kappa shape index (κ1) is 14.0. The van der Waals surface area contributed by atoms with Gasteiger partial charge in [-0.25, -0.2) is 0 Å². The molecular weight excluding hydrogens is 256 g/mol. The maximum Gasteiger partial charge on any atom is 0.243 e. The van der Waals surface area contributed by atoms with Gasteiger partial charge in [0.05, 0.1) is 12.1 Å². The molecule has 3 unspecified atom stereocenters. The standard InChI is InChI=1S/C15H24N2O3/c1-2-20-12-9-11(15(12)7-3-4-8-15)16-10-5-6-13(18)17-14(10)19/h10-12,16H,2-9H2,1H3,(H,17,18,19). The van der Waals surface area contributed by atoms with Gasteiger partial charge in [0.15, 0.2) is 0 Å². The lowest BCUT2D eigenvalue weighted by Crippen LogP contribution is -2.66. The van der Waals surface area contributed by atoms with E-state index >= 15 is 0 Å². The Hall–Kier alpha value is -0.940. The van der Waals surface area contributed by atoms with Gasteiger partial charge in [-0.1, -0.05) is 12.8 Å². The van der Waals surface area contributed by atoms with Crippen LogP contribution in [0.25, 0.3) is 0 Å². The smallest absolute Gasteiger partial charge is 0.243 e. The van der Waals surface area contributed by atoms with E-state index in [1.54, 1.807) is 0 Å². The number of amides is 2. The maximum absolute atomic E-state index is 11.9. The molecule has 20 heavy (non-hydrogen) atoms. The van der Waals surface area contributed by atoms with Gasteiger partial charge >= 0.3 is 0 Å². The van der Waals surface area contributed by atoms with Crippen LogP contribution in [0, 0.1) is 5.41 Å². The number of imide groups is 1. The highest BCUT2D eigenvalue weighted by molar-refractivity contribution is 6.00. The number of nitrogens with one attached hydrogen (secondary N) is 2. The minimum absolute atomic E-state index is 0.149. The second-order valence-electron chi connectivity index (χ2n) is 6.34. The van der Waals surface area contributed by atoms with Crippen molar-refractivity contribution in [1.29, 1.82) is 0 Å². The van der Waals surface area contributed by atoms with Gasteiger partial charge in [-0.15, -0.1) is 0 Å². The molecule has 2 N–H and O–H groups in total. The topological polar surface area (TPSA) is 67.4 Å². The Balaban J connectivity index is 1.63. The van der Waals surface area contributed by atoms with E-state index in [1.807, 2.05) is 6.92 Å². The summed E-state index contributed by atoms with van der Waals surface area (Å²) in [6.07, 6.45) is 7.32. The van der Waals surface area contributed by atoms with Gasteiger partial charge in [-0.3, -0.25) is 14.9 Å². The first-order valence-corrected chi connectivity index (χ1v) is 7.87. The fourth-order valence-corrected chi connectivity index (χ4v) is 4.22. The molecule has 3 rings (SSSR count).